The highest BCUT2D eigenvalue weighted by atomic mass is 16.5. The molecule has 0 spiro atoms. The minimum absolute atomic E-state index is 0.717. The fourth-order valence-electron chi connectivity index (χ4n) is 3.22. The summed E-state index contributed by atoms with van der Waals surface area (Å²) in [6.07, 6.45) is 4.11. The largest absolute Gasteiger partial charge is 0.497 e. The molecule has 2 N–H and O–H groups in total. The maximum Gasteiger partial charge on any atom is 0.135 e. The minimum atomic E-state index is 0.717. The van der Waals surface area contributed by atoms with Crippen LogP contribution in [0.1, 0.15) is 12.8 Å². The van der Waals surface area contributed by atoms with E-state index in [1.165, 1.54) is 18.5 Å². The summed E-state index contributed by atoms with van der Waals surface area (Å²) in [5.41, 5.74) is 3.19. The third kappa shape index (κ3) is 4.28. The van der Waals surface area contributed by atoms with E-state index in [4.69, 9.17) is 4.74 Å². The Morgan fingerprint density at radius 1 is 0.852 bits per heavy atom. The van der Waals surface area contributed by atoms with E-state index in [1.54, 1.807) is 13.4 Å². The number of nitrogens with one attached hydrogen (secondary N) is 2. The predicted molar refractivity (Wildman–Crippen MR) is 109 cm³/mol. The van der Waals surface area contributed by atoms with Gasteiger partial charge >= 0.3 is 0 Å². The molecule has 2 heterocycles. The first-order valence-corrected chi connectivity index (χ1v) is 9.15. The van der Waals surface area contributed by atoms with Gasteiger partial charge in [0.2, 0.25) is 0 Å². The minimum Gasteiger partial charge on any atom is -0.497 e. The van der Waals surface area contributed by atoms with Gasteiger partial charge in [-0.1, -0.05) is 6.07 Å². The first kappa shape index (κ1) is 17.1. The molecule has 1 aliphatic rings. The third-order valence-electron chi connectivity index (χ3n) is 4.62. The maximum absolute atomic E-state index is 5.25. The van der Waals surface area contributed by atoms with E-state index in [-0.39, 0.29) is 0 Å². The lowest BCUT2D eigenvalue weighted by atomic mass is 10.2. The number of anilines is 5. The van der Waals surface area contributed by atoms with E-state index in [0.29, 0.717) is 0 Å². The van der Waals surface area contributed by atoms with Crippen LogP contribution < -0.4 is 20.3 Å². The summed E-state index contributed by atoms with van der Waals surface area (Å²) < 4.78 is 5.25. The van der Waals surface area contributed by atoms with Crippen molar-refractivity contribution < 1.29 is 4.74 Å². The van der Waals surface area contributed by atoms with Crippen molar-refractivity contribution in [3.05, 3.63) is 60.9 Å². The summed E-state index contributed by atoms with van der Waals surface area (Å²) in [4.78, 5) is 11.0. The number of benzene rings is 2. The molecule has 6 heteroatoms. The first-order valence-electron chi connectivity index (χ1n) is 9.15. The predicted octanol–water partition coefficient (Wildman–Crippen LogP) is 4.57. The molecule has 1 aromatic heterocycles. The van der Waals surface area contributed by atoms with Crippen LogP contribution in [0.4, 0.5) is 28.7 Å². The Morgan fingerprint density at radius 2 is 1.56 bits per heavy atom. The normalized spacial score (nSPS) is 13.4. The highest BCUT2D eigenvalue weighted by molar-refractivity contribution is 5.65. The average Bonchev–Trinajstić information content (AvgIpc) is 3.24. The van der Waals surface area contributed by atoms with Crippen molar-refractivity contribution >= 4 is 28.7 Å². The molecule has 1 saturated heterocycles. The highest BCUT2D eigenvalue weighted by Crippen LogP contribution is 2.25. The van der Waals surface area contributed by atoms with E-state index in [1.807, 2.05) is 30.3 Å². The molecule has 0 unspecified atom stereocenters. The van der Waals surface area contributed by atoms with Crippen LogP contribution in [-0.4, -0.2) is 30.2 Å². The first-order chi connectivity index (χ1) is 13.3. The summed E-state index contributed by atoms with van der Waals surface area (Å²) in [6, 6.07) is 18.1. The average molecular weight is 361 g/mol. The molecular weight excluding hydrogens is 338 g/mol. The smallest absolute Gasteiger partial charge is 0.135 e. The quantitative estimate of drug-likeness (QED) is 0.670. The SMILES string of the molecule is COc1cccc(Nc2cc(Nc3ccc(N4CCCC4)cc3)ncn2)c1. The molecule has 0 saturated carbocycles. The van der Waals surface area contributed by atoms with Gasteiger partial charge in [0.05, 0.1) is 7.11 Å². The van der Waals surface area contributed by atoms with Crippen molar-refractivity contribution in [3.8, 4) is 5.75 Å². The Kier molecular flexibility index (Phi) is 5.05. The second kappa shape index (κ2) is 7.95. The van der Waals surface area contributed by atoms with Crippen molar-refractivity contribution in [1.29, 1.82) is 0 Å². The van der Waals surface area contributed by atoms with Gasteiger partial charge in [-0.05, 0) is 49.2 Å². The third-order valence-corrected chi connectivity index (χ3v) is 4.62. The zero-order valence-corrected chi connectivity index (χ0v) is 15.4. The van der Waals surface area contributed by atoms with Gasteiger partial charge in [0, 0.05) is 42.3 Å². The second-order valence-electron chi connectivity index (χ2n) is 6.51. The molecule has 138 valence electrons. The zero-order chi connectivity index (χ0) is 18.5. The number of hydrogen-bond acceptors (Lipinski definition) is 6. The van der Waals surface area contributed by atoms with E-state index < -0.39 is 0 Å². The summed E-state index contributed by atoms with van der Waals surface area (Å²) in [5.74, 6) is 2.25. The van der Waals surface area contributed by atoms with Crippen LogP contribution in [0.25, 0.3) is 0 Å². The monoisotopic (exact) mass is 361 g/mol. The van der Waals surface area contributed by atoms with E-state index in [0.717, 1.165) is 41.8 Å². The molecule has 1 fully saturated rings. The van der Waals surface area contributed by atoms with Crippen LogP contribution >= 0.6 is 0 Å². The summed E-state index contributed by atoms with van der Waals surface area (Å²) in [5, 5.41) is 6.61. The molecule has 3 aromatic rings. The maximum atomic E-state index is 5.25. The van der Waals surface area contributed by atoms with Gasteiger partial charge in [0.25, 0.3) is 0 Å². The Balaban J connectivity index is 1.44. The number of rotatable bonds is 6. The number of methoxy groups -OCH3 is 1. The van der Waals surface area contributed by atoms with Crippen LogP contribution in [0.2, 0.25) is 0 Å². The number of aromatic nitrogens is 2. The molecular formula is C21H23N5O. The topological polar surface area (TPSA) is 62.3 Å². The van der Waals surface area contributed by atoms with Crippen LogP contribution in [0.15, 0.2) is 60.9 Å². The molecule has 0 bridgehead atoms. The summed E-state index contributed by atoms with van der Waals surface area (Å²) in [6.45, 7) is 2.30. The fourth-order valence-corrected chi connectivity index (χ4v) is 3.22. The Labute approximate surface area is 159 Å². The van der Waals surface area contributed by atoms with Crippen LogP contribution in [0, 0.1) is 0 Å². The number of nitrogens with zero attached hydrogens (tertiary/aromatic N) is 3. The molecule has 2 aromatic carbocycles. The Hall–Kier alpha value is -3.28. The van der Waals surface area contributed by atoms with Crippen LogP contribution in [-0.2, 0) is 0 Å². The van der Waals surface area contributed by atoms with Crippen molar-refractivity contribution in [3.63, 3.8) is 0 Å². The van der Waals surface area contributed by atoms with E-state index in [2.05, 4.69) is 49.8 Å². The second-order valence-corrected chi connectivity index (χ2v) is 6.51. The summed E-state index contributed by atoms with van der Waals surface area (Å²) >= 11 is 0. The van der Waals surface area contributed by atoms with E-state index >= 15 is 0 Å². The number of hydrogen-bond donors (Lipinski definition) is 2. The van der Waals surface area contributed by atoms with Crippen molar-refractivity contribution in [2.24, 2.45) is 0 Å². The Bertz CT molecular complexity index is 891. The van der Waals surface area contributed by atoms with Gasteiger partial charge in [-0.3, -0.25) is 0 Å². The van der Waals surface area contributed by atoms with Crippen LogP contribution in [0.3, 0.4) is 0 Å². The highest BCUT2D eigenvalue weighted by Gasteiger charge is 2.11. The van der Waals surface area contributed by atoms with Crippen molar-refractivity contribution in [2.75, 3.05) is 35.7 Å². The molecule has 1 aliphatic heterocycles. The van der Waals surface area contributed by atoms with Gasteiger partial charge in [-0.2, -0.15) is 0 Å². The fraction of sp³-hybridized carbons (Fsp3) is 0.238. The van der Waals surface area contributed by atoms with Crippen LogP contribution in [0.5, 0.6) is 5.75 Å². The molecule has 6 nitrogen and oxygen atoms in total. The standard InChI is InChI=1S/C21H23N5O/c1-27-19-6-4-5-17(13-19)25-21-14-20(22-15-23-21)24-16-7-9-18(10-8-16)26-11-2-3-12-26/h4-10,13-15H,2-3,11-12H2,1H3,(H2,22,23,24,25). The molecule has 0 atom stereocenters. The lowest BCUT2D eigenvalue weighted by Crippen LogP contribution is -2.17. The van der Waals surface area contributed by atoms with Crippen molar-refractivity contribution in [2.45, 2.75) is 12.8 Å². The lowest BCUT2D eigenvalue weighted by molar-refractivity contribution is 0.415. The van der Waals surface area contributed by atoms with Gasteiger partial charge in [0.1, 0.15) is 23.7 Å². The zero-order valence-electron chi connectivity index (χ0n) is 15.4. The molecule has 0 aliphatic carbocycles. The molecule has 27 heavy (non-hydrogen) atoms. The van der Waals surface area contributed by atoms with Gasteiger partial charge in [-0.15, -0.1) is 0 Å². The van der Waals surface area contributed by atoms with Gasteiger partial charge < -0.3 is 20.3 Å². The van der Waals surface area contributed by atoms with Crippen molar-refractivity contribution in [1.82, 2.24) is 9.97 Å². The van der Waals surface area contributed by atoms with Gasteiger partial charge in [0.15, 0.2) is 0 Å². The molecule has 0 amide bonds. The summed E-state index contributed by atoms with van der Waals surface area (Å²) in [7, 11) is 1.65. The number of ether oxygens (including phenoxy) is 1. The molecule has 4 rings (SSSR count). The lowest BCUT2D eigenvalue weighted by Gasteiger charge is -2.18. The molecule has 0 radical (unpaired) electrons. The van der Waals surface area contributed by atoms with E-state index in [9.17, 15) is 0 Å². The Morgan fingerprint density at radius 3 is 2.26 bits per heavy atom. The van der Waals surface area contributed by atoms with Gasteiger partial charge in [-0.25, -0.2) is 9.97 Å².